The molecule has 0 atom stereocenters. The second kappa shape index (κ2) is 6.25. The lowest BCUT2D eigenvalue weighted by Gasteiger charge is -2.27. The minimum atomic E-state index is 0.934. The van der Waals surface area contributed by atoms with E-state index in [4.69, 9.17) is 0 Å². The van der Waals surface area contributed by atoms with Crippen molar-refractivity contribution in [3.05, 3.63) is 6.20 Å². The number of nitrogens with zero attached hydrogens (tertiary/aromatic N) is 5. The standard InChI is InChI=1S/C11H21N5/c1-5-15(6-2)10-9-12-14-13-11(10)16(7-3)8-4/h9H,5-8H2,1-4H3. The number of aromatic nitrogens is 3. The Bertz CT molecular complexity index is 276. The minimum absolute atomic E-state index is 0.934. The van der Waals surface area contributed by atoms with Gasteiger partial charge in [-0.25, -0.2) is 0 Å². The average Bonchev–Trinajstić information content (AvgIpc) is 2.34. The van der Waals surface area contributed by atoms with Gasteiger partial charge < -0.3 is 9.80 Å². The van der Waals surface area contributed by atoms with E-state index in [-0.39, 0.29) is 0 Å². The summed E-state index contributed by atoms with van der Waals surface area (Å²) in [6.45, 7) is 12.3. The van der Waals surface area contributed by atoms with Gasteiger partial charge in [0.25, 0.3) is 0 Å². The van der Waals surface area contributed by atoms with Gasteiger partial charge in [0.05, 0.1) is 6.20 Å². The predicted octanol–water partition coefficient (Wildman–Crippen LogP) is 1.56. The third kappa shape index (κ3) is 2.59. The van der Waals surface area contributed by atoms with Crippen LogP contribution in [0.25, 0.3) is 0 Å². The van der Waals surface area contributed by atoms with Gasteiger partial charge in [-0.1, -0.05) is 0 Å². The maximum Gasteiger partial charge on any atom is 0.178 e. The van der Waals surface area contributed by atoms with E-state index in [1.807, 2.05) is 0 Å². The Morgan fingerprint density at radius 1 is 0.938 bits per heavy atom. The molecule has 90 valence electrons. The molecule has 0 radical (unpaired) electrons. The molecule has 1 rings (SSSR count). The molecule has 0 unspecified atom stereocenters. The van der Waals surface area contributed by atoms with Crippen LogP contribution in [0.5, 0.6) is 0 Å². The SMILES string of the molecule is CCN(CC)c1cnnnc1N(CC)CC. The Labute approximate surface area is 97.5 Å². The summed E-state index contributed by atoms with van der Waals surface area (Å²) in [5.74, 6) is 0.934. The molecule has 1 heterocycles. The van der Waals surface area contributed by atoms with Crippen LogP contribution in [0.3, 0.4) is 0 Å². The van der Waals surface area contributed by atoms with Crippen LogP contribution in [0.15, 0.2) is 6.20 Å². The molecule has 5 heteroatoms. The fourth-order valence-corrected chi connectivity index (χ4v) is 1.79. The van der Waals surface area contributed by atoms with Crippen LogP contribution in [0.4, 0.5) is 11.5 Å². The molecule has 0 bridgehead atoms. The van der Waals surface area contributed by atoms with E-state index in [0.29, 0.717) is 0 Å². The lowest BCUT2D eigenvalue weighted by molar-refractivity contribution is 0.764. The van der Waals surface area contributed by atoms with Crippen molar-refractivity contribution in [2.24, 2.45) is 0 Å². The van der Waals surface area contributed by atoms with Crippen molar-refractivity contribution in [2.45, 2.75) is 27.7 Å². The molecule has 0 saturated heterocycles. The third-order valence-electron chi connectivity index (χ3n) is 2.77. The summed E-state index contributed by atoms with van der Waals surface area (Å²) in [6.07, 6.45) is 1.80. The van der Waals surface area contributed by atoms with Gasteiger partial charge in [0, 0.05) is 26.2 Å². The Hall–Kier alpha value is -1.39. The van der Waals surface area contributed by atoms with Crippen molar-refractivity contribution in [1.29, 1.82) is 0 Å². The summed E-state index contributed by atoms with van der Waals surface area (Å²) in [5.41, 5.74) is 1.07. The molecule has 0 aliphatic heterocycles. The zero-order valence-corrected chi connectivity index (χ0v) is 10.6. The highest BCUT2D eigenvalue weighted by Crippen LogP contribution is 2.24. The molecule has 0 aromatic carbocycles. The summed E-state index contributed by atoms with van der Waals surface area (Å²) in [6, 6.07) is 0. The average molecular weight is 223 g/mol. The van der Waals surface area contributed by atoms with Gasteiger partial charge in [0.1, 0.15) is 5.69 Å². The van der Waals surface area contributed by atoms with Gasteiger partial charge in [-0.15, -0.1) is 10.2 Å². The Morgan fingerprint density at radius 3 is 2.00 bits per heavy atom. The number of rotatable bonds is 6. The normalized spacial score (nSPS) is 10.2. The summed E-state index contributed by atoms with van der Waals surface area (Å²) < 4.78 is 0. The van der Waals surface area contributed by atoms with Crippen molar-refractivity contribution in [3.8, 4) is 0 Å². The van der Waals surface area contributed by atoms with Crippen LogP contribution in [0.1, 0.15) is 27.7 Å². The Kier molecular flexibility index (Phi) is 4.95. The number of hydrogen-bond donors (Lipinski definition) is 0. The van der Waals surface area contributed by atoms with Crippen LogP contribution in [0.2, 0.25) is 0 Å². The second-order valence-corrected chi connectivity index (χ2v) is 3.49. The quantitative estimate of drug-likeness (QED) is 0.732. The molecule has 0 saturated carbocycles. The van der Waals surface area contributed by atoms with Gasteiger partial charge in [-0.2, -0.15) is 0 Å². The molecule has 5 nitrogen and oxygen atoms in total. The largest absolute Gasteiger partial charge is 0.368 e. The fourth-order valence-electron chi connectivity index (χ4n) is 1.79. The summed E-state index contributed by atoms with van der Waals surface area (Å²) >= 11 is 0. The highest BCUT2D eigenvalue weighted by atomic mass is 15.4. The van der Waals surface area contributed by atoms with E-state index >= 15 is 0 Å². The fraction of sp³-hybridized carbons (Fsp3) is 0.727. The summed E-state index contributed by atoms with van der Waals surface area (Å²) in [4.78, 5) is 4.44. The molecule has 0 fully saturated rings. The van der Waals surface area contributed by atoms with Crippen molar-refractivity contribution < 1.29 is 0 Å². The van der Waals surface area contributed by atoms with Gasteiger partial charge in [-0.3, -0.25) is 0 Å². The summed E-state index contributed by atoms with van der Waals surface area (Å²) in [5, 5.41) is 11.8. The molecular weight excluding hydrogens is 202 g/mol. The maximum absolute atomic E-state index is 4.16. The molecule has 1 aromatic heterocycles. The molecule has 0 aliphatic carbocycles. The monoisotopic (exact) mass is 223 g/mol. The third-order valence-corrected chi connectivity index (χ3v) is 2.77. The first-order chi connectivity index (χ1) is 7.78. The number of hydrogen-bond acceptors (Lipinski definition) is 5. The molecule has 0 spiro atoms. The molecule has 1 aromatic rings. The predicted molar refractivity (Wildman–Crippen MR) is 66.9 cm³/mol. The van der Waals surface area contributed by atoms with Gasteiger partial charge in [-0.05, 0) is 32.9 Å². The zero-order valence-electron chi connectivity index (χ0n) is 10.6. The lowest BCUT2D eigenvalue weighted by Crippen LogP contribution is -2.29. The van der Waals surface area contributed by atoms with Crippen LogP contribution >= 0.6 is 0 Å². The van der Waals surface area contributed by atoms with Crippen molar-refractivity contribution in [2.75, 3.05) is 36.0 Å². The van der Waals surface area contributed by atoms with E-state index in [2.05, 4.69) is 52.9 Å². The van der Waals surface area contributed by atoms with Gasteiger partial charge >= 0.3 is 0 Å². The van der Waals surface area contributed by atoms with Crippen LogP contribution in [-0.2, 0) is 0 Å². The smallest absolute Gasteiger partial charge is 0.178 e. The maximum atomic E-state index is 4.16. The highest BCUT2D eigenvalue weighted by Gasteiger charge is 2.14. The van der Waals surface area contributed by atoms with Crippen LogP contribution in [-0.4, -0.2) is 41.6 Å². The first kappa shape index (κ1) is 12.7. The van der Waals surface area contributed by atoms with Crippen molar-refractivity contribution in [3.63, 3.8) is 0 Å². The molecular formula is C11H21N5. The van der Waals surface area contributed by atoms with Crippen molar-refractivity contribution in [1.82, 2.24) is 15.4 Å². The van der Waals surface area contributed by atoms with E-state index in [9.17, 15) is 0 Å². The minimum Gasteiger partial charge on any atom is -0.368 e. The van der Waals surface area contributed by atoms with E-state index in [1.54, 1.807) is 6.20 Å². The number of anilines is 2. The second-order valence-electron chi connectivity index (χ2n) is 3.49. The highest BCUT2D eigenvalue weighted by molar-refractivity contribution is 5.65. The Balaban J connectivity index is 3.07. The summed E-state index contributed by atoms with van der Waals surface area (Å²) in [7, 11) is 0. The zero-order chi connectivity index (χ0) is 12.0. The van der Waals surface area contributed by atoms with E-state index < -0.39 is 0 Å². The van der Waals surface area contributed by atoms with E-state index in [1.165, 1.54) is 0 Å². The first-order valence-corrected chi connectivity index (χ1v) is 5.96. The molecule has 0 aliphatic rings. The van der Waals surface area contributed by atoms with Crippen molar-refractivity contribution >= 4 is 11.5 Å². The molecule has 0 N–H and O–H groups in total. The van der Waals surface area contributed by atoms with Gasteiger partial charge in [0.15, 0.2) is 5.82 Å². The van der Waals surface area contributed by atoms with Gasteiger partial charge in [0.2, 0.25) is 0 Å². The van der Waals surface area contributed by atoms with Crippen LogP contribution < -0.4 is 9.80 Å². The van der Waals surface area contributed by atoms with Crippen LogP contribution in [0, 0.1) is 0 Å². The topological polar surface area (TPSA) is 45.2 Å². The Morgan fingerprint density at radius 2 is 1.50 bits per heavy atom. The lowest BCUT2D eigenvalue weighted by atomic mass is 10.3. The first-order valence-electron chi connectivity index (χ1n) is 5.96. The van der Waals surface area contributed by atoms with E-state index in [0.717, 1.165) is 37.7 Å². The molecule has 0 amide bonds. The molecule has 16 heavy (non-hydrogen) atoms.